The largest absolute Gasteiger partial charge is 0.481 e. The zero-order valence-electron chi connectivity index (χ0n) is 13.8. The quantitative estimate of drug-likeness (QED) is 0.635. The van der Waals surface area contributed by atoms with Crippen molar-refractivity contribution in [1.29, 1.82) is 0 Å². The second-order valence-electron chi connectivity index (χ2n) is 6.22. The molecule has 1 rings (SSSR count). The van der Waals surface area contributed by atoms with Crippen LogP contribution in [0.25, 0.3) is 0 Å². The van der Waals surface area contributed by atoms with Gasteiger partial charge in [-0.25, -0.2) is 0 Å². The molecule has 2 amide bonds. The summed E-state index contributed by atoms with van der Waals surface area (Å²) in [5.74, 6) is -1.30. The lowest BCUT2D eigenvalue weighted by Crippen LogP contribution is -2.50. The second-order valence-corrected chi connectivity index (χ2v) is 6.22. The smallest absolute Gasteiger partial charge is 0.311 e. The van der Waals surface area contributed by atoms with Gasteiger partial charge >= 0.3 is 5.97 Å². The van der Waals surface area contributed by atoms with Crippen molar-refractivity contribution in [2.75, 3.05) is 6.54 Å². The molecule has 6 heteroatoms. The third-order valence-electron chi connectivity index (χ3n) is 4.89. The average Bonchev–Trinajstić information content (AvgIpc) is 3.02. The highest BCUT2D eigenvalue weighted by Gasteiger charge is 2.35. The van der Waals surface area contributed by atoms with Crippen LogP contribution in [0.15, 0.2) is 0 Å². The summed E-state index contributed by atoms with van der Waals surface area (Å²) >= 11 is 0. The Bertz CT molecular complexity index is 412. The zero-order chi connectivity index (χ0) is 16.8. The van der Waals surface area contributed by atoms with E-state index in [2.05, 4.69) is 10.6 Å². The molecule has 1 aliphatic rings. The molecule has 0 aromatic carbocycles. The summed E-state index contributed by atoms with van der Waals surface area (Å²) in [7, 11) is 0. The fraction of sp³-hybridized carbons (Fsp3) is 0.812. The van der Waals surface area contributed by atoms with E-state index >= 15 is 0 Å². The van der Waals surface area contributed by atoms with Crippen molar-refractivity contribution < 1.29 is 19.5 Å². The topological polar surface area (TPSA) is 95.5 Å². The van der Waals surface area contributed by atoms with Crippen LogP contribution in [0.3, 0.4) is 0 Å². The normalized spacial score (nSPS) is 17.0. The maximum Gasteiger partial charge on any atom is 0.311 e. The van der Waals surface area contributed by atoms with Crippen LogP contribution in [0.4, 0.5) is 0 Å². The molecular formula is C16H28N2O4. The van der Waals surface area contributed by atoms with Gasteiger partial charge in [0.25, 0.3) is 0 Å². The first-order valence-electron chi connectivity index (χ1n) is 8.17. The van der Waals surface area contributed by atoms with Crippen LogP contribution in [0.2, 0.25) is 0 Å². The van der Waals surface area contributed by atoms with Crippen molar-refractivity contribution in [3.63, 3.8) is 0 Å². The Hall–Kier alpha value is -1.59. The predicted molar refractivity (Wildman–Crippen MR) is 83.2 cm³/mol. The number of carboxylic acid groups (broad SMARTS) is 1. The Morgan fingerprint density at radius 2 is 1.73 bits per heavy atom. The molecular weight excluding hydrogens is 284 g/mol. The highest BCUT2D eigenvalue weighted by molar-refractivity contribution is 5.88. The Morgan fingerprint density at radius 3 is 2.18 bits per heavy atom. The first-order chi connectivity index (χ1) is 10.4. The minimum atomic E-state index is -0.940. The Kier molecular flexibility index (Phi) is 6.84. The van der Waals surface area contributed by atoms with Gasteiger partial charge in [0, 0.05) is 12.5 Å². The molecule has 22 heavy (non-hydrogen) atoms. The summed E-state index contributed by atoms with van der Waals surface area (Å²) in [6.45, 7) is 5.31. The fourth-order valence-electron chi connectivity index (χ4n) is 2.87. The summed E-state index contributed by atoms with van der Waals surface area (Å²) in [5, 5.41) is 14.7. The van der Waals surface area contributed by atoms with E-state index < -0.39 is 17.4 Å². The van der Waals surface area contributed by atoms with Crippen LogP contribution in [-0.2, 0) is 14.4 Å². The van der Waals surface area contributed by atoms with Crippen molar-refractivity contribution in [2.24, 2.45) is 11.3 Å². The summed E-state index contributed by atoms with van der Waals surface area (Å²) in [6, 6.07) is -0.645. The number of carboxylic acids is 1. The molecule has 0 aromatic heterocycles. The van der Waals surface area contributed by atoms with Gasteiger partial charge in [0.2, 0.25) is 11.8 Å². The van der Waals surface area contributed by atoms with Crippen molar-refractivity contribution >= 4 is 17.8 Å². The Balaban J connectivity index is 2.49. The maximum atomic E-state index is 12.1. The van der Waals surface area contributed by atoms with Crippen LogP contribution in [0.5, 0.6) is 0 Å². The second kappa shape index (κ2) is 8.15. The van der Waals surface area contributed by atoms with Crippen molar-refractivity contribution in [3.8, 4) is 0 Å². The standard InChI is InChI=1S/C16H28N2O4/c1-4-16(5-2,15(21)22)10-17-13(19)11(3)18-14(20)12-8-6-7-9-12/h11-12H,4-10H2,1-3H3,(H,17,19)(H,18,20)(H,21,22). The number of rotatable bonds is 8. The highest BCUT2D eigenvalue weighted by atomic mass is 16.4. The minimum absolute atomic E-state index is 0.0136. The number of carbonyl (C=O) groups is 3. The summed E-state index contributed by atoms with van der Waals surface area (Å²) < 4.78 is 0. The number of aliphatic carboxylic acids is 1. The van der Waals surface area contributed by atoms with Gasteiger partial charge < -0.3 is 15.7 Å². The van der Waals surface area contributed by atoms with E-state index in [1.165, 1.54) is 0 Å². The van der Waals surface area contributed by atoms with Gasteiger partial charge in [0.05, 0.1) is 5.41 Å². The number of amides is 2. The van der Waals surface area contributed by atoms with E-state index in [4.69, 9.17) is 0 Å². The van der Waals surface area contributed by atoms with Gasteiger partial charge in [-0.1, -0.05) is 26.7 Å². The van der Waals surface area contributed by atoms with Gasteiger partial charge in [0.1, 0.15) is 6.04 Å². The molecule has 6 nitrogen and oxygen atoms in total. The van der Waals surface area contributed by atoms with Gasteiger partial charge in [-0.3, -0.25) is 14.4 Å². The van der Waals surface area contributed by atoms with Gasteiger partial charge in [-0.05, 0) is 32.6 Å². The van der Waals surface area contributed by atoms with Crippen LogP contribution in [-0.4, -0.2) is 35.5 Å². The van der Waals surface area contributed by atoms with Gasteiger partial charge in [-0.2, -0.15) is 0 Å². The Labute approximate surface area is 132 Å². The lowest BCUT2D eigenvalue weighted by molar-refractivity contribution is -0.149. The van der Waals surface area contributed by atoms with Crippen LogP contribution >= 0.6 is 0 Å². The van der Waals surface area contributed by atoms with Gasteiger partial charge in [-0.15, -0.1) is 0 Å². The summed E-state index contributed by atoms with van der Waals surface area (Å²) in [5.41, 5.74) is -0.940. The van der Waals surface area contributed by atoms with Crippen molar-refractivity contribution in [1.82, 2.24) is 10.6 Å². The third kappa shape index (κ3) is 4.45. The third-order valence-corrected chi connectivity index (χ3v) is 4.89. The Morgan fingerprint density at radius 1 is 1.18 bits per heavy atom. The zero-order valence-corrected chi connectivity index (χ0v) is 13.8. The van der Waals surface area contributed by atoms with E-state index in [0.29, 0.717) is 12.8 Å². The molecule has 1 unspecified atom stereocenters. The maximum absolute atomic E-state index is 12.1. The number of nitrogens with one attached hydrogen (secondary N) is 2. The molecule has 0 bridgehead atoms. The molecule has 0 radical (unpaired) electrons. The molecule has 0 saturated heterocycles. The number of hydrogen-bond donors (Lipinski definition) is 3. The van der Waals surface area contributed by atoms with E-state index in [9.17, 15) is 19.5 Å². The molecule has 3 N–H and O–H groups in total. The van der Waals surface area contributed by atoms with Crippen LogP contribution < -0.4 is 10.6 Å². The minimum Gasteiger partial charge on any atom is -0.481 e. The van der Waals surface area contributed by atoms with E-state index in [1.807, 2.05) is 0 Å². The monoisotopic (exact) mass is 312 g/mol. The molecule has 1 saturated carbocycles. The molecule has 126 valence electrons. The average molecular weight is 312 g/mol. The molecule has 0 spiro atoms. The van der Waals surface area contributed by atoms with Crippen molar-refractivity contribution in [2.45, 2.75) is 65.3 Å². The molecule has 1 atom stereocenters. The SMILES string of the molecule is CCC(CC)(CNC(=O)C(C)NC(=O)C1CCCC1)C(=O)O. The molecule has 0 aliphatic heterocycles. The molecule has 0 heterocycles. The van der Waals surface area contributed by atoms with Crippen LogP contribution in [0.1, 0.15) is 59.3 Å². The van der Waals surface area contributed by atoms with Crippen molar-refractivity contribution in [3.05, 3.63) is 0 Å². The van der Waals surface area contributed by atoms with E-state index in [-0.39, 0.29) is 24.3 Å². The summed E-state index contributed by atoms with van der Waals surface area (Å²) in [4.78, 5) is 35.5. The molecule has 1 fully saturated rings. The van der Waals surface area contributed by atoms with Crippen LogP contribution in [0, 0.1) is 11.3 Å². The lowest BCUT2D eigenvalue weighted by atomic mass is 9.82. The first-order valence-corrected chi connectivity index (χ1v) is 8.17. The number of hydrogen-bond acceptors (Lipinski definition) is 3. The lowest BCUT2D eigenvalue weighted by Gasteiger charge is -2.27. The summed E-state index contributed by atoms with van der Waals surface area (Å²) in [6.07, 6.45) is 4.78. The molecule has 0 aromatic rings. The molecule has 1 aliphatic carbocycles. The van der Waals surface area contributed by atoms with E-state index in [0.717, 1.165) is 25.7 Å². The predicted octanol–water partition coefficient (Wildman–Crippen LogP) is 1.69. The first kappa shape index (κ1) is 18.5. The number of carbonyl (C=O) groups excluding carboxylic acids is 2. The van der Waals surface area contributed by atoms with E-state index in [1.54, 1.807) is 20.8 Å². The fourth-order valence-corrected chi connectivity index (χ4v) is 2.87. The van der Waals surface area contributed by atoms with Gasteiger partial charge in [0.15, 0.2) is 0 Å². The highest BCUT2D eigenvalue weighted by Crippen LogP contribution is 2.26.